The van der Waals surface area contributed by atoms with Gasteiger partial charge in [0.05, 0.1) is 4.90 Å². The normalized spacial score (nSPS) is 17.2. The van der Waals surface area contributed by atoms with E-state index in [4.69, 9.17) is 5.73 Å². The predicted octanol–water partition coefficient (Wildman–Crippen LogP) is 2.61. The number of nitrogens with two attached hydrogens (primary N) is 1. The van der Waals surface area contributed by atoms with Crippen LogP contribution in [0.5, 0.6) is 0 Å². The van der Waals surface area contributed by atoms with Gasteiger partial charge in [-0.2, -0.15) is 0 Å². The topological polar surface area (TPSA) is 101 Å². The number of carbonyl (C=O) groups is 1. The first-order chi connectivity index (χ1) is 11.9. The van der Waals surface area contributed by atoms with Crippen molar-refractivity contribution >= 4 is 21.6 Å². The Balaban J connectivity index is 1.97. The van der Waals surface area contributed by atoms with E-state index in [0.29, 0.717) is 25.2 Å². The fourth-order valence-electron chi connectivity index (χ4n) is 3.34. The molecule has 0 atom stereocenters. The summed E-state index contributed by atoms with van der Waals surface area (Å²) in [7, 11) is -3.48. The number of carbonyl (C=O) groups excluding carboxylic acids is 1. The summed E-state index contributed by atoms with van der Waals surface area (Å²) in [5.41, 5.74) is 6.45. The standard InChI is InChI=1S/C18H29N3O3S/c1-2-12-20-25(23,24)16-8-6-15(7-9-16)21-17(22)13-18(14-19)10-4-3-5-11-18/h6-9,20H,2-5,10-14,19H2,1H3,(H,21,22). The van der Waals surface area contributed by atoms with Crippen molar-refractivity contribution in [3.05, 3.63) is 24.3 Å². The van der Waals surface area contributed by atoms with Gasteiger partial charge in [-0.15, -0.1) is 0 Å². The van der Waals surface area contributed by atoms with Crippen molar-refractivity contribution in [1.82, 2.24) is 4.72 Å². The number of amides is 1. The van der Waals surface area contributed by atoms with Crippen LogP contribution in [0.15, 0.2) is 29.2 Å². The highest BCUT2D eigenvalue weighted by Crippen LogP contribution is 2.38. The molecule has 0 spiro atoms. The molecule has 6 nitrogen and oxygen atoms in total. The average Bonchev–Trinajstić information content (AvgIpc) is 2.61. The van der Waals surface area contributed by atoms with E-state index in [1.54, 1.807) is 12.1 Å². The maximum absolute atomic E-state index is 12.4. The van der Waals surface area contributed by atoms with E-state index in [2.05, 4.69) is 10.0 Å². The second-order valence-electron chi connectivity index (χ2n) is 6.91. The van der Waals surface area contributed by atoms with Gasteiger partial charge in [0.1, 0.15) is 0 Å². The van der Waals surface area contributed by atoms with Crippen LogP contribution in [0.4, 0.5) is 5.69 Å². The molecule has 140 valence electrons. The van der Waals surface area contributed by atoms with Crippen molar-refractivity contribution in [3.63, 3.8) is 0 Å². The zero-order chi connectivity index (χ0) is 18.3. The van der Waals surface area contributed by atoms with Gasteiger partial charge in [0.2, 0.25) is 15.9 Å². The van der Waals surface area contributed by atoms with Crippen molar-refractivity contribution < 1.29 is 13.2 Å². The van der Waals surface area contributed by atoms with Gasteiger partial charge in [0.25, 0.3) is 0 Å². The molecule has 25 heavy (non-hydrogen) atoms. The SMILES string of the molecule is CCCNS(=O)(=O)c1ccc(NC(=O)CC2(CN)CCCCC2)cc1. The van der Waals surface area contributed by atoms with Crippen LogP contribution in [0.25, 0.3) is 0 Å². The van der Waals surface area contributed by atoms with E-state index in [9.17, 15) is 13.2 Å². The summed E-state index contributed by atoms with van der Waals surface area (Å²) in [5.74, 6) is -0.0629. The monoisotopic (exact) mass is 367 g/mol. The molecule has 1 aromatic carbocycles. The third-order valence-corrected chi connectivity index (χ3v) is 6.35. The Labute approximate surface area is 150 Å². The molecule has 1 aromatic rings. The Bertz CT molecular complexity index is 665. The van der Waals surface area contributed by atoms with Crippen molar-refractivity contribution in [2.75, 3.05) is 18.4 Å². The molecule has 0 radical (unpaired) electrons. The molecule has 1 fully saturated rings. The van der Waals surface area contributed by atoms with E-state index >= 15 is 0 Å². The molecule has 7 heteroatoms. The quantitative estimate of drug-likeness (QED) is 0.657. The average molecular weight is 368 g/mol. The molecule has 0 unspecified atom stereocenters. The highest BCUT2D eigenvalue weighted by molar-refractivity contribution is 7.89. The number of nitrogens with one attached hydrogen (secondary N) is 2. The van der Waals surface area contributed by atoms with Crippen LogP contribution in [0.2, 0.25) is 0 Å². The molecule has 1 aliphatic rings. The predicted molar refractivity (Wildman–Crippen MR) is 99.7 cm³/mol. The van der Waals surface area contributed by atoms with Crippen molar-refractivity contribution in [3.8, 4) is 0 Å². The number of hydrogen-bond acceptors (Lipinski definition) is 4. The van der Waals surface area contributed by atoms with E-state index in [1.165, 1.54) is 18.6 Å². The zero-order valence-electron chi connectivity index (χ0n) is 14.9. The molecule has 4 N–H and O–H groups in total. The largest absolute Gasteiger partial charge is 0.330 e. The summed E-state index contributed by atoms with van der Waals surface area (Å²) in [4.78, 5) is 12.6. The molecule has 0 aromatic heterocycles. The fourth-order valence-corrected chi connectivity index (χ4v) is 4.47. The summed E-state index contributed by atoms with van der Waals surface area (Å²) in [6.07, 6.45) is 6.61. The molecule has 0 bridgehead atoms. The third-order valence-electron chi connectivity index (χ3n) is 4.87. The fraction of sp³-hybridized carbons (Fsp3) is 0.611. The van der Waals surface area contributed by atoms with Crippen LogP contribution in [-0.2, 0) is 14.8 Å². The molecule has 1 saturated carbocycles. The molecule has 0 aliphatic heterocycles. The van der Waals surface area contributed by atoms with E-state index in [1.807, 2.05) is 6.92 Å². The Morgan fingerprint density at radius 1 is 1.16 bits per heavy atom. The first-order valence-electron chi connectivity index (χ1n) is 9.00. The minimum absolute atomic E-state index is 0.0629. The highest BCUT2D eigenvalue weighted by Gasteiger charge is 2.32. The van der Waals surface area contributed by atoms with Gasteiger partial charge in [0, 0.05) is 18.7 Å². The van der Waals surface area contributed by atoms with E-state index in [0.717, 1.165) is 32.1 Å². The first-order valence-corrected chi connectivity index (χ1v) is 10.5. The summed E-state index contributed by atoms with van der Waals surface area (Å²) in [6.45, 7) is 2.84. The van der Waals surface area contributed by atoms with Gasteiger partial charge >= 0.3 is 0 Å². The van der Waals surface area contributed by atoms with Gasteiger partial charge < -0.3 is 11.1 Å². The summed E-state index contributed by atoms with van der Waals surface area (Å²) in [5, 5.41) is 2.86. The van der Waals surface area contributed by atoms with Crippen LogP contribution in [0.3, 0.4) is 0 Å². The maximum Gasteiger partial charge on any atom is 0.240 e. The van der Waals surface area contributed by atoms with Crippen molar-refractivity contribution in [2.45, 2.75) is 56.8 Å². The molecule has 1 amide bonds. The van der Waals surface area contributed by atoms with Crippen molar-refractivity contribution in [2.24, 2.45) is 11.1 Å². The van der Waals surface area contributed by atoms with E-state index < -0.39 is 10.0 Å². The lowest BCUT2D eigenvalue weighted by molar-refractivity contribution is -0.118. The van der Waals surface area contributed by atoms with Crippen LogP contribution in [0.1, 0.15) is 51.9 Å². The van der Waals surface area contributed by atoms with Gasteiger partial charge in [-0.1, -0.05) is 26.2 Å². The maximum atomic E-state index is 12.4. The lowest BCUT2D eigenvalue weighted by Crippen LogP contribution is -2.36. The smallest absolute Gasteiger partial charge is 0.240 e. The van der Waals surface area contributed by atoms with Gasteiger partial charge in [-0.3, -0.25) is 4.79 Å². The number of rotatable bonds is 8. The Kier molecular flexibility index (Phi) is 6.98. The second kappa shape index (κ2) is 8.78. The highest BCUT2D eigenvalue weighted by atomic mass is 32.2. The number of sulfonamides is 1. The third kappa shape index (κ3) is 5.52. The molecular formula is C18H29N3O3S. The van der Waals surface area contributed by atoms with Crippen LogP contribution in [-0.4, -0.2) is 27.4 Å². The number of hydrogen-bond donors (Lipinski definition) is 3. The first kappa shape index (κ1) is 19.9. The molecule has 2 rings (SSSR count). The van der Waals surface area contributed by atoms with Crippen molar-refractivity contribution in [1.29, 1.82) is 0 Å². The number of benzene rings is 1. The van der Waals surface area contributed by atoms with Crippen LogP contribution in [0, 0.1) is 5.41 Å². The Morgan fingerprint density at radius 3 is 2.36 bits per heavy atom. The minimum Gasteiger partial charge on any atom is -0.330 e. The lowest BCUT2D eigenvalue weighted by atomic mass is 9.71. The minimum atomic E-state index is -3.48. The summed E-state index contributed by atoms with van der Waals surface area (Å²) >= 11 is 0. The molecular weight excluding hydrogens is 338 g/mol. The lowest BCUT2D eigenvalue weighted by Gasteiger charge is -2.35. The Morgan fingerprint density at radius 2 is 1.80 bits per heavy atom. The van der Waals surface area contributed by atoms with Gasteiger partial charge in [-0.25, -0.2) is 13.1 Å². The molecule has 0 saturated heterocycles. The number of anilines is 1. The molecule has 0 heterocycles. The van der Waals surface area contributed by atoms with Gasteiger partial charge in [-0.05, 0) is 55.5 Å². The second-order valence-corrected chi connectivity index (χ2v) is 8.68. The Hall–Kier alpha value is -1.44. The zero-order valence-corrected chi connectivity index (χ0v) is 15.7. The summed E-state index contributed by atoms with van der Waals surface area (Å²) in [6, 6.07) is 6.25. The van der Waals surface area contributed by atoms with Crippen LogP contribution < -0.4 is 15.8 Å². The summed E-state index contributed by atoms with van der Waals surface area (Å²) < 4.78 is 26.6. The van der Waals surface area contributed by atoms with E-state index in [-0.39, 0.29) is 16.2 Å². The molecule has 1 aliphatic carbocycles. The van der Waals surface area contributed by atoms with Gasteiger partial charge in [0.15, 0.2) is 0 Å². The van der Waals surface area contributed by atoms with Crippen LogP contribution >= 0.6 is 0 Å².